The lowest BCUT2D eigenvalue weighted by molar-refractivity contribution is -0.0299. The maximum absolute atomic E-state index is 5.68. The molecule has 0 aliphatic heterocycles. The Bertz CT molecular complexity index is 120. The molecule has 0 radical (unpaired) electrons. The van der Waals surface area contributed by atoms with E-state index in [0.717, 1.165) is 13.1 Å². The average molecular weight is 203 g/mol. The van der Waals surface area contributed by atoms with Crippen LogP contribution in [0.15, 0.2) is 0 Å². The van der Waals surface area contributed by atoms with Gasteiger partial charge in [-0.15, -0.1) is 0 Å². The average Bonchev–Trinajstić information content (AvgIpc) is 2.13. The summed E-state index contributed by atoms with van der Waals surface area (Å²) in [5, 5.41) is 3.37. The van der Waals surface area contributed by atoms with Crippen molar-refractivity contribution in [3.05, 3.63) is 0 Å². The second-order valence-electron chi connectivity index (χ2n) is 3.77. The summed E-state index contributed by atoms with van der Waals surface area (Å²) in [7, 11) is 1.70. The highest BCUT2D eigenvalue weighted by molar-refractivity contribution is 4.58. The summed E-state index contributed by atoms with van der Waals surface area (Å²) in [4.78, 5) is 0. The Hall–Kier alpha value is -0.120. The quantitative estimate of drug-likeness (QED) is 0.580. The molecule has 0 rings (SSSR count). The fraction of sp³-hybridized carbons (Fsp3) is 1.00. The van der Waals surface area contributed by atoms with E-state index >= 15 is 0 Å². The molecule has 0 amide bonds. The molecule has 2 atom stereocenters. The first-order valence-corrected chi connectivity index (χ1v) is 5.55. The molecule has 0 saturated carbocycles. The van der Waals surface area contributed by atoms with E-state index < -0.39 is 0 Å². The minimum atomic E-state index is 0.183. The Kier molecular flexibility index (Phi) is 9.35. The monoisotopic (exact) mass is 203 g/mol. The molecular weight excluding hydrogens is 178 g/mol. The maximum Gasteiger partial charge on any atom is 0.0784 e. The molecule has 0 fully saturated rings. The predicted molar refractivity (Wildman–Crippen MR) is 59.7 cm³/mol. The van der Waals surface area contributed by atoms with Gasteiger partial charge in [-0.1, -0.05) is 13.3 Å². The number of hydrogen-bond acceptors (Lipinski definition) is 3. The van der Waals surface area contributed by atoms with Crippen LogP contribution in [0.2, 0.25) is 0 Å². The fourth-order valence-corrected chi connectivity index (χ4v) is 1.33. The summed E-state index contributed by atoms with van der Waals surface area (Å²) in [5.74, 6) is 0. The smallest absolute Gasteiger partial charge is 0.0784 e. The van der Waals surface area contributed by atoms with Crippen molar-refractivity contribution in [1.82, 2.24) is 5.32 Å². The molecular formula is C11H25NO2. The zero-order valence-corrected chi connectivity index (χ0v) is 10.0. The van der Waals surface area contributed by atoms with Gasteiger partial charge in [0.1, 0.15) is 0 Å². The number of ether oxygens (including phenoxy) is 2. The van der Waals surface area contributed by atoms with Crippen LogP contribution in [0.5, 0.6) is 0 Å². The van der Waals surface area contributed by atoms with Crippen LogP contribution in [-0.2, 0) is 9.47 Å². The summed E-state index contributed by atoms with van der Waals surface area (Å²) in [6, 6.07) is 0. The highest BCUT2D eigenvalue weighted by atomic mass is 16.5. The van der Waals surface area contributed by atoms with Crippen LogP contribution in [0.3, 0.4) is 0 Å². The zero-order valence-electron chi connectivity index (χ0n) is 10.0. The standard InChI is InChI=1S/C11H25NO2/c1-5-6-7-12-8-10(2)14-11(3)9-13-4/h10-12H,5-9H2,1-4H3. The molecule has 1 N–H and O–H groups in total. The van der Waals surface area contributed by atoms with Gasteiger partial charge in [0.15, 0.2) is 0 Å². The van der Waals surface area contributed by atoms with Crippen LogP contribution >= 0.6 is 0 Å². The van der Waals surface area contributed by atoms with Crippen molar-refractivity contribution in [3.8, 4) is 0 Å². The molecule has 0 aliphatic rings. The normalized spacial score (nSPS) is 15.4. The van der Waals surface area contributed by atoms with E-state index in [1.54, 1.807) is 7.11 Å². The van der Waals surface area contributed by atoms with Gasteiger partial charge in [-0.2, -0.15) is 0 Å². The van der Waals surface area contributed by atoms with E-state index in [1.165, 1.54) is 12.8 Å². The lowest BCUT2D eigenvalue weighted by Crippen LogP contribution is -2.31. The Balaban J connectivity index is 3.30. The minimum Gasteiger partial charge on any atom is -0.382 e. The lowest BCUT2D eigenvalue weighted by Gasteiger charge is -2.18. The predicted octanol–water partition coefficient (Wildman–Crippen LogP) is 1.82. The van der Waals surface area contributed by atoms with Crippen molar-refractivity contribution < 1.29 is 9.47 Å². The Morgan fingerprint density at radius 2 is 1.93 bits per heavy atom. The molecule has 0 heterocycles. The van der Waals surface area contributed by atoms with E-state index in [4.69, 9.17) is 9.47 Å². The van der Waals surface area contributed by atoms with Gasteiger partial charge >= 0.3 is 0 Å². The van der Waals surface area contributed by atoms with Crippen molar-refractivity contribution in [2.24, 2.45) is 0 Å². The first-order valence-electron chi connectivity index (χ1n) is 5.55. The van der Waals surface area contributed by atoms with Crippen molar-refractivity contribution in [2.75, 3.05) is 26.8 Å². The molecule has 0 spiro atoms. The number of methoxy groups -OCH3 is 1. The molecule has 3 heteroatoms. The Labute approximate surface area is 88.2 Å². The lowest BCUT2D eigenvalue weighted by atomic mass is 10.3. The van der Waals surface area contributed by atoms with Crippen molar-refractivity contribution in [1.29, 1.82) is 0 Å². The molecule has 2 unspecified atom stereocenters. The van der Waals surface area contributed by atoms with Gasteiger partial charge in [-0.25, -0.2) is 0 Å². The van der Waals surface area contributed by atoms with E-state index in [9.17, 15) is 0 Å². The first-order chi connectivity index (χ1) is 6.70. The molecule has 3 nitrogen and oxygen atoms in total. The Morgan fingerprint density at radius 3 is 2.50 bits per heavy atom. The van der Waals surface area contributed by atoms with Crippen molar-refractivity contribution >= 4 is 0 Å². The van der Waals surface area contributed by atoms with Crippen molar-refractivity contribution in [2.45, 2.75) is 45.8 Å². The van der Waals surface area contributed by atoms with E-state index in [1.807, 2.05) is 6.92 Å². The summed E-state index contributed by atoms with van der Waals surface area (Å²) < 4.78 is 10.7. The second kappa shape index (κ2) is 9.44. The number of hydrogen-bond donors (Lipinski definition) is 1. The van der Waals surface area contributed by atoms with Crippen LogP contribution in [0.4, 0.5) is 0 Å². The van der Waals surface area contributed by atoms with E-state index in [0.29, 0.717) is 6.61 Å². The SMILES string of the molecule is CCCCNCC(C)OC(C)COC. The van der Waals surface area contributed by atoms with Crippen LogP contribution in [0, 0.1) is 0 Å². The van der Waals surface area contributed by atoms with Gasteiger partial charge in [0.25, 0.3) is 0 Å². The van der Waals surface area contributed by atoms with Gasteiger partial charge in [0, 0.05) is 13.7 Å². The van der Waals surface area contributed by atoms with Gasteiger partial charge in [0.2, 0.25) is 0 Å². The molecule has 0 bridgehead atoms. The topological polar surface area (TPSA) is 30.5 Å². The zero-order chi connectivity index (χ0) is 10.8. The fourth-order valence-electron chi connectivity index (χ4n) is 1.33. The Morgan fingerprint density at radius 1 is 1.21 bits per heavy atom. The molecule has 86 valence electrons. The van der Waals surface area contributed by atoms with Gasteiger partial charge in [-0.3, -0.25) is 0 Å². The third kappa shape index (κ3) is 8.48. The highest BCUT2D eigenvalue weighted by Gasteiger charge is 2.07. The molecule has 0 aromatic carbocycles. The van der Waals surface area contributed by atoms with Gasteiger partial charge in [-0.05, 0) is 26.8 Å². The maximum atomic E-state index is 5.68. The van der Waals surface area contributed by atoms with Crippen molar-refractivity contribution in [3.63, 3.8) is 0 Å². The summed E-state index contributed by atoms with van der Waals surface area (Å²) in [6.07, 6.45) is 2.92. The van der Waals surface area contributed by atoms with E-state index in [-0.39, 0.29) is 12.2 Å². The van der Waals surface area contributed by atoms with E-state index in [2.05, 4.69) is 19.2 Å². The highest BCUT2D eigenvalue weighted by Crippen LogP contribution is 1.97. The molecule has 0 aromatic heterocycles. The minimum absolute atomic E-state index is 0.183. The molecule has 0 saturated heterocycles. The molecule has 0 aromatic rings. The summed E-state index contributed by atoms with van der Waals surface area (Å²) >= 11 is 0. The third-order valence-corrected chi connectivity index (χ3v) is 2.00. The number of nitrogens with one attached hydrogen (secondary N) is 1. The van der Waals surface area contributed by atoms with Gasteiger partial charge in [0.05, 0.1) is 18.8 Å². The number of rotatable bonds is 9. The second-order valence-corrected chi connectivity index (χ2v) is 3.77. The van der Waals surface area contributed by atoms with Crippen LogP contribution in [0.25, 0.3) is 0 Å². The van der Waals surface area contributed by atoms with Crippen LogP contribution in [-0.4, -0.2) is 39.0 Å². The summed E-state index contributed by atoms with van der Waals surface area (Å²) in [6.45, 7) is 9.00. The van der Waals surface area contributed by atoms with Crippen LogP contribution in [0.1, 0.15) is 33.6 Å². The van der Waals surface area contributed by atoms with Crippen LogP contribution < -0.4 is 5.32 Å². The van der Waals surface area contributed by atoms with Gasteiger partial charge < -0.3 is 14.8 Å². The summed E-state index contributed by atoms with van der Waals surface area (Å²) in [5.41, 5.74) is 0. The first kappa shape index (κ1) is 13.9. The molecule has 0 aliphatic carbocycles. The third-order valence-electron chi connectivity index (χ3n) is 2.00. The number of unbranched alkanes of at least 4 members (excludes halogenated alkanes) is 1. The molecule has 14 heavy (non-hydrogen) atoms. The largest absolute Gasteiger partial charge is 0.382 e.